The molecule has 1 heterocycles. The Labute approximate surface area is 113 Å². The van der Waals surface area contributed by atoms with Gasteiger partial charge in [-0.05, 0) is 11.5 Å². The summed E-state index contributed by atoms with van der Waals surface area (Å²) in [6, 6.07) is 0. The Hall–Kier alpha value is 0.720. The molecule has 0 aliphatic carbocycles. The van der Waals surface area contributed by atoms with Crippen LogP contribution in [0.15, 0.2) is 9.92 Å². The van der Waals surface area contributed by atoms with Crippen LogP contribution in [-0.2, 0) is 0 Å². The summed E-state index contributed by atoms with van der Waals surface area (Å²) in [6.45, 7) is 4.08. The molecule has 6 heteroatoms. The number of rotatable bonds is 4. The minimum Gasteiger partial charge on any atom is -0.227 e. The fourth-order valence-electron chi connectivity index (χ4n) is 0.978. The van der Waals surface area contributed by atoms with Crippen LogP contribution in [-0.4, -0.2) is 16.5 Å². The van der Waals surface area contributed by atoms with Crippen molar-refractivity contribution in [1.29, 1.82) is 0 Å². The summed E-state index contributed by atoms with van der Waals surface area (Å²) in [5.41, 5.74) is 0. The predicted octanol–water partition coefficient (Wildman–Crippen LogP) is 5.27. The summed E-state index contributed by atoms with van der Waals surface area (Å²) in [7, 11) is 0. The van der Waals surface area contributed by atoms with Crippen LogP contribution < -0.4 is 0 Å². The van der Waals surface area contributed by atoms with E-state index >= 15 is 0 Å². The van der Waals surface area contributed by atoms with E-state index in [1.54, 1.807) is 23.5 Å². The van der Waals surface area contributed by atoms with Crippen LogP contribution in [0.3, 0.4) is 0 Å². The fourth-order valence-corrected chi connectivity index (χ4v) is 3.53. The van der Waals surface area contributed by atoms with E-state index in [1.807, 2.05) is 13.8 Å². The number of thioether (sulfide) groups is 2. The standard InChI is InChI=1S/C9H10Cl3NS2/c1-3-14-7-5(10)8(12)13-9(6(7)11)15-4-2/h3-4H2,1-2H3. The van der Waals surface area contributed by atoms with Gasteiger partial charge >= 0.3 is 0 Å². The molecule has 0 saturated heterocycles. The van der Waals surface area contributed by atoms with Gasteiger partial charge in [-0.25, -0.2) is 4.98 Å². The average molecular weight is 303 g/mol. The van der Waals surface area contributed by atoms with Crippen molar-refractivity contribution in [1.82, 2.24) is 4.98 Å². The lowest BCUT2D eigenvalue weighted by Gasteiger charge is -2.10. The molecule has 0 aromatic carbocycles. The summed E-state index contributed by atoms with van der Waals surface area (Å²) >= 11 is 21.3. The maximum absolute atomic E-state index is 6.20. The van der Waals surface area contributed by atoms with Gasteiger partial charge < -0.3 is 0 Å². The van der Waals surface area contributed by atoms with Crippen LogP contribution in [0.5, 0.6) is 0 Å². The topological polar surface area (TPSA) is 12.9 Å². The zero-order valence-electron chi connectivity index (χ0n) is 8.31. The number of halogens is 3. The van der Waals surface area contributed by atoms with Crippen LogP contribution in [0.25, 0.3) is 0 Å². The summed E-state index contributed by atoms with van der Waals surface area (Å²) in [5.74, 6) is 1.80. The van der Waals surface area contributed by atoms with E-state index in [0.717, 1.165) is 21.4 Å². The van der Waals surface area contributed by atoms with Crippen molar-refractivity contribution in [3.05, 3.63) is 15.2 Å². The molecule has 0 saturated carbocycles. The molecule has 0 bridgehead atoms. The van der Waals surface area contributed by atoms with Gasteiger partial charge in [-0.3, -0.25) is 0 Å². The van der Waals surface area contributed by atoms with Gasteiger partial charge in [-0.1, -0.05) is 48.7 Å². The third-order valence-corrected chi connectivity index (χ3v) is 4.82. The quantitative estimate of drug-likeness (QED) is 0.556. The molecule has 0 fully saturated rings. The molecule has 0 N–H and O–H groups in total. The summed E-state index contributed by atoms with van der Waals surface area (Å²) in [4.78, 5) is 4.99. The molecule has 0 spiro atoms. The third-order valence-electron chi connectivity index (χ3n) is 1.54. The molecule has 1 aromatic rings. The number of hydrogen-bond acceptors (Lipinski definition) is 3. The van der Waals surface area contributed by atoms with Crippen LogP contribution in [0.1, 0.15) is 13.8 Å². The fraction of sp³-hybridized carbons (Fsp3) is 0.444. The van der Waals surface area contributed by atoms with E-state index in [9.17, 15) is 0 Å². The highest BCUT2D eigenvalue weighted by molar-refractivity contribution is 8.00. The zero-order chi connectivity index (χ0) is 11.4. The summed E-state index contributed by atoms with van der Waals surface area (Å²) in [6.07, 6.45) is 0. The SMILES string of the molecule is CCSc1nc(Cl)c(Cl)c(SCC)c1Cl. The van der Waals surface area contributed by atoms with Crippen molar-refractivity contribution in [2.75, 3.05) is 11.5 Å². The molecule has 0 atom stereocenters. The zero-order valence-corrected chi connectivity index (χ0v) is 12.2. The van der Waals surface area contributed by atoms with Gasteiger partial charge in [0.2, 0.25) is 0 Å². The van der Waals surface area contributed by atoms with Crippen molar-refractivity contribution in [3.63, 3.8) is 0 Å². The highest BCUT2D eigenvalue weighted by Crippen LogP contribution is 2.41. The maximum atomic E-state index is 6.20. The molecule has 0 aliphatic rings. The first-order chi connectivity index (χ1) is 7.11. The molecule has 0 unspecified atom stereocenters. The molecule has 0 amide bonds. The first-order valence-corrected chi connectivity index (χ1v) is 7.52. The first-order valence-electron chi connectivity index (χ1n) is 4.41. The molecule has 84 valence electrons. The van der Waals surface area contributed by atoms with Crippen LogP contribution in [0.4, 0.5) is 0 Å². The molecule has 0 aliphatic heterocycles. The average Bonchev–Trinajstić information content (AvgIpc) is 2.21. The number of aromatic nitrogens is 1. The Bertz CT molecular complexity index is 358. The minimum absolute atomic E-state index is 0.327. The van der Waals surface area contributed by atoms with E-state index in [0.29, 0.717) is 15.2 Å². The van der Waals surface area contributed by atoms with E-state index in [1.165, 1.54) is 0 Å². The number of nitrogens with zero attached hydrogens (tertiary/aromatic N) is 1. The maximum Gasteiger partial charge on any atom is 0.150 e. The molecule has 0 radical (unpaired) electrons. The second-order valence-electron chi connectivity index (χ2n) is 2.53. The monoisotopic (exact) mass is 301 g/mol. The minimum atomic E-state index is 0.327. The van der Waals surface area contributed by atoms with Crippen molar-refractivity contribution in [2.24, 2.45) is 0 Å². The van der Waals surface area contributed by atoms with Crippen molar-refractivity contribution in [2.45, 2.75) is 23.8 Å². The lowest BCUT2D eigenvalue weighted by atomic mass is 10.5. The van der Waals surface area contributed by atoms with Crippen LogP contribution in [0.2, 0.25) is 15.2 Å². The lowest BCUT2D eigenvalue weighted by molar-refractivity contribution is 1.09. The predicted molar refractivity (Wildman–Crippen MR) is 72.1 cm³/mol. The number of hydrogen-bond donors (Lipinski definition) is 0. The van der Waals surface area contributed by atoms with Gasteiger partial charge in [-0.15, -0.1) is 23.5 Å². The molecule has 1 nitrogen and oxygen atoms in total. The van der Waals surface area contributed by atoms with E-state index < -0.39 is 0 Å². The molecular weight excluding hydrogens is 293 g/mol. The largest absolute Gasteiger partial charge is 0.227 e. The van der Waals surface area contributed by atoms with Crippen LogP contribution >= 0.6 is 58.3 Å². The van der Waals surface area contributed by atoms with Crippen molar-refractivity contribution < 1.29 is 0 Å². The van der Waals surface area contributed by atoms with E-state index in [-0.39, 0.29) is 0 Å². The number of pyridine rings is 1. The van der Waals surface area contributed by atoms with Gasteiger partial charge in [0.15, 0.2) is 0 Å². The van der Waals surface area contributed by atoms with Crippen LogP contribution in [0, 0.1) is 0 Å². The molecular formula is C9H10Cl3NS2. The van der Waals surface area contributed by atoms with Gasteiger partial charge in [0.25, 0.3) is 0 Å². The normalized spacial score (nSPS) is 10.7. The molecule has 15 heavy (non-hydrogen) atoms. The Balaban J connectivity index is 3.22. The second kappa shape index (κ2) is 6.45. The summed E-state index contributed by atoms with van der Waals surface area (Å²) < 4.78 is 0. The van der Waals surface area contributed by atoms with Gasteiger partial charge in [0, 0.05) is 0 Å². The Morgan fingerprint density at radius 1 is 1.00 bits per heavy atom. The Morgan fingerprint density at radius 3 is 2.13 bits per heavy atom. The molecule has 1 rings (SSSR count). The van der Waals surface area contributed by atoms with Crippen molar-refractivity contribution in [3.8, 4) is 0 Å². The molecule has 1 aromatic heterocycles. The Morgan fingerprint density at radius 2 is 1.60 bits per heavy atom. The van der Waals surface area contributed by atoms with E-state index in [4.69, 9.17) is 34.8 Å². The summed E-state index contributed by atoms with van der Waals surface area (Å²) in [5, 5.41) is 2.15. The van der Waals surface area contributed by atoms with Gasteiger partial charge in [0.05, 0.1) is 14.9 Å². The van der Waals surface area contributed by atoms with Gasteiger partial charge in [-0.2, -0.15) is 0 Å². The van der Waals surface area contributed by atoms with Crippen molar-refractivity contribution >= 4 is 58.3 Å². The highest BCUT2D eigenvalue weighted by atomic mass is 35.5. The Kier molecular flexibility index (Phi) is 5.93. The van der Waals surface area contributed by atoms with E-state index in [2.05, 4.69) is 4.98 Å². The second-order valence-corrected chi connectivity index (χ2v) is 6.17. The lowest BCUT2D eigenvalue weighted by Crippen LogP contribution is -1.90. The highest BCUT2D eigenvalue weighted by Gasteiger charge is 2.16. The van der Waals surface area contributed by atoms with Gasteiger partial charge in [0.1, 0.15) is 10.2 Å². The third kappa shape index (κ3) is 3.34. The first kappa shape index (κ1) is 13.8. The smallest absolute Gasteiger partial charge is 0.150 e.